The molecule has 5 nitrogen and oxygen atoms in total. The van der Waals surface area contributed by atoms with Crippen LogP contribution in [0.5, 0.6) is 11.5 Å². The first-order valence-electron chi connectivity index (χ1n) is 12.4. The fourth-order valence-electron chi connectivity index (χ4n) is 4.33. The van der Waals surface area contributed by atoms with Crippen molar-refractivity contribution >= 4 is 23.6 Å². The summed E-state index contributed by atoms with van der Waals surface area (Å²) in [6, 6.07) is 36.6. The van der Waals surface area contributed by atoms with Gasteiger partial charge in [-0.15, -0.1) is 11.8 Å². The number of carbonyl (C=O) groups excluding carboxylic acids is 2. The van der Waals surface area contributed by atoms with E-state index in [9.17, 15) is 9.59 Å². The van der Waals surface area contributed by atoms with Gasteiger partial charge in [0.2, 0.25) is 5.91 Å². The Labute approximate surface area is 228 Å². The zero-order valence-corrected chi connectivity index (χ0v) is 22.5. The van der Waals surface area contributed by atoms with Crippen LogP contribution >= 0.6 is 11.8 Å². The minimum atomic E-state index is -0.852. The number of hydrogen-bond acceptors (Lipinski definition) is 5. The maximum absolute atomic E-state index is 13.4. The number of amides is 1. The molecule has 4 aromatic rings. The maximum Gasteiger partial charge on any atom is 0.333 e. The molecular formula is C32H31NO4S. The molecule has 38 heavy (non-hydrogen) atoms. The average Bonchev–Trinajstić information content (AvgIpc) is 2.97. The predicted octanol–water partition coefficient (Wildman–Crippen LogP) is 6.22. The molecule has 0 aliphatic rings. The zero-order chi connectivity index (χ0) is 27.0. The minimum Gasteiger partial charge on any atom is -0.493 e. The third-order valence-electron chi connectivity index (χ3n) is 6.26. The van der Waals surface area contributed by atoms with Gasteiger partial charge in [0.15, 0.2) is 11.5 Å². The fourth-order valence-corrected chi connectivity index (χ4v) is 5.85. The van der Waals surface area contributed by atoms with Gasteiger partial charge in [0.25, 0.3) is 0 Å². The monoisotopic (exact) mass is 525 g/mol. The van der Waals surface area contributed by atoms with E-state index >= 15 is 0 Å². The summed E-state index contributed by atoms with van der Waals surface area (Å²) in [4.78, 5) is 26.2. The van der Waals surface area contributed by atoms with E-state index in [0.29, 0.717) is 11.5 Å². The minimum absolute atomic E-state index is 0.258. The maximum atomic E-state index is 13.4. The zero-order valence-electron chi connectivity index (χ0n) is 21.7. The van der Waals surface area contributed by atoms with Crippen molar-refractivity contribution in [3.63, 3.8) is 0 Å². The number of methoxy groups -OCH3 is 1. The Morgan fingerprint density at radius 3 is 1.55 bits per heavy atom. The van der Waals surface area contributed by atoms with E-state index < -0.39 is 22.0 Å². The van der Waals surface area contributed by atoms with Gasteiger partial charge in [-0.05, 0) is 42.7 Å². The van der Waals surface area contributed by atoms with E-state index in [1.54, 1.807) is 31.2 Å². The molecule has 4 rings (SSSR count). The van der Waals surface area contributed by atoms with Gasteiger partial charge in [0.1, 0.15) is 6.04 Å². The summed E-state index contributed by atoms with van der Waals surface area (Å²) in [7, 11) is 1.51. The van der Waals surface area contributed by atoms with E-state index in [-0.39, 0.29) is 5.91 Å². The van der Waals surface area contributed by atoms with Gasteiger partial charge >= 0.3 is 5.97 Å². The predicted molar refractivity (Wildman–Crippen MR) is 152 cm³/mol. The molecule has 0 bridgehead atoms. The van der Waals surface area contributed by atoms with E-state index in [2.05, 4.69) is 41.7 Å². The molecule has 0 fully saturated rings. The van der Waals surface area contributed by atoms with Crippen LogP contribution in [-0.2, 0) is 14.3 Å². The molecule has 1 N–H and O–H groups in total. The molecular weight excluding hydrogens is 494 g/mol. The Morgan fingerprint density at radius 1 is 0.684 bits per heavy atom. The molecule has 4 aromatic carbocycles. The first kappa shape index (κ1) is 27.0. The van der Waals surface area contributed by atoms with Crippen molar-refractivity contribution in [2.75, 3.05) is 7.11 Å². The highest BCUT2D eigenvalue weighted by atomic mass is 32.2. The van der Waals surface area contributed by atoms with Gasteiger partial charge in [0.05, 0.1) is 17.1 Å². The van der Waals surface area contributed by atoms with Gasteiger partial charge in [0, 0.05) is 0 Å². The molecule has 0 heterocycles. The number of esters is 1. The lowest BCUT2D eigenvalue weighted by Crippen LogP contribution is -2.45. The van der Waals surface area contributed by atoms with Gasteiger partial charge in [-0.1, -0.05) is 103 Å². The van der Waals surface area contributed by atoms with Crippen molar-refractivity contribution < 1.29 is 19.1 Å². The van der Waals surface area contributed by atoms with Gasteiger partial charge in [-0.3, -0.25) is 4.79 Å². The van der Waals surface area contributed by atoms with Crippen molar-refractivity contribution in [1.29, 1.82) is 0 Å². The number of rotatable bonds is 10. The van der Waals surface area contributed by atoms with Crippen LogP contribution in [0.25, 0.3) is 0 Å². The first-order chi connectivity index (χ1) is 18.5. The summed E-state index contributed by atoms with van der Waals surface area (Å²) in [5, 5.41) is 2.34. The van der Waals surface area contributed by atoms with E-state index in [1.165, 1.54) is 18.9 Å². The van der Waals surface area contributed by atoms with Crippen LogP contribution in [0.2, 0.25) is 0 Å². The Hall–Kier alpha value is -4.03. The highest BCUT2D eigenvalue weighted by molar-refractivity contribution is 8.01. The third kappa shape index (κ3) is 5.92. The van der Waals surface area contributed by atoms with Gasteiger partial charge in [-0.25, -0.2) is 4.79 Å². The lowest BCUT2D eigenvalue weighted by Gasteiger charge is -2.37. The van der Waals surface area contributed by atoms with Crippen LogP contribution in [0.3, 0.4) is 0 Å². The number of thioether (sulfide) groups is 1. The summed E-state index contributed by atoms with van der Waals surface area (Å²) in [5.74, 6) is -0.0754. The lowest BCUT2D eigenvalue weighted by molar-refractivity contribution is -0.138. The summed E-state index contributed by atoms with van der Waals surface area (Å²) in [5.41, 5.74) is 3.18. The standard InChI is InChI=1S/C32H31NO4S/c1-23(31(35)37-29-22-14-13-21-28(29)36-3)33-30(34)24(2)38-32(25-15-7-4-8-16-25,26-17-9-5-10-18-26)27-19-11-6-12-20-27/h4-24H,1-3H3,(H,33,34)/t23-,24?/m0/s1. The smallest absolute Gasteiger partial charge is 0.333 e. The number of hydrogen-bond donors (Lipinski definition) is 1. The van der Waals surface area contributed by atoms with E-state index in [0.717, 1.165) is 16.7 Å². The molecule has 1 amide bonds. The highest BCUT2D eigenvalue weighted by Gasteiger charge is 2.40. The second-order valence-electron chi connectivity index (χ2n) is 8.84. The highest BCUT2D eigenvalue weighted by Crippen LogP contribution is 2.50. The number of carbonyl (C=O) groups is 2. The van der Waals surface area contributed by atoms with E-state index in [1.807, 2.05) is 61.5 Å². The molecule has 1 unspecified atom stereocenters. The normalized spacial score (nSPS) is 12.7. The Kier molecular flexibility index (Phi) is 8.87. The molecule has 6 heteroatoms. The molecule has 0 radical (unpaired) electrons. The molecule has 0 saturated heterocycles. The number of benzene rings is 4. The summed E-state index contributed by atoms with van der Waals surface area (Å²) in [6.07, 6.45) is 0. The topological polar surface area (TPSA) is 64.6 Å². The second-order valence-corrected chi connectivity index (χ2v) is 10.4. The molecule has 194 valence electrons. The molecule has 0 saturated carbocycles. The Morgan fingerprint density at radius 2 is 1.11 bits per heavy atom. The number of nitrogens with one attached hydrogen (secondary N) is 1. The van der Waals surface area contributed by atoms with Crippen molar-refractivity contribution in [3.8, 4) is 11.5 Å². The number of para-hydroxylation sites is 2. The van der Waals surface area contributed by atoms with E-state index in [4.69, 9.17) is 9.47 Å². The summed E-state index contributed by atoms with van der Waals surface area (Å²) < 4.78 is 10.1. The van der Waals surface area contributed by atoms with Crippen LogP contribution in [-0.4, -0.2) is 30.3 Å². The fraction of sp³-hybridized carbons (Fsp3) is 0.188. The van der Waals surface area contributed by atoms with Crippen LogP contribution in [0, 0.1) is 0 Å². The van der Waals surface area contributed by atoms with Crippen LogP contribution in [0.1, 0.15) is 30.5 Å². The molecule has 0 aliphatic heterocycles. The van der Waals surface area contributed by atoms with Gasteiger partial charge in [-0.2, -0.15) is 0 Å². The van der Waals surface area contributed by atoms with Crippen LogP contribution in [0.4, 0.5) is 0 Å². The molecule has 0 aliphatic carbocycles. The van der Waals surface area contributed by atoms with Crippen molar-refractivity contribution in [3.05, 3.63) is 132 Å². The van der Waals surface area contributed by atoms with Crippen molar-refractivity contribution in [2.24, 2.45) is 0 Å². The third-order valence-corrected chi connectivity index (χ3v) is 7.88. The largest absolute Gasteiger partial charge is 0.493 e. The Bertz CT molecular complexity index is 1250. The molecule has 2 atom stereocenters. The summed E-state index contributed by atoms with van der Waals surface area (Å²) >= 11 is 1.54. The van der Waals surface area contributed by atoms with Crippen LogP contribution < -0.4 is 14.8 Å². The quantitative estimate of drug-likeness (QED) is 0.151. The summed E-state index contributed by atoms with van der Waals surface area (Å²) in [6.45, 7) is 3.48. The SMILES string of the molecule is COc1ccccc1OC(=O)[C@H](C)NC(=O)C(C)SC(c1ccccc1)(c1ccccc1)c1ccccc1. The number of ether oxygens (including phenoxy) is 2. The van der Waals surface area contributed by atoms with Gasteiger partial charge < -0.3 is 14.8 Å². The van der Waals surface area contributed by atoms with Crippen molar-refractivity contribution in [1.82, 2.24) is 5.32 Å². The lowest BCUT2D eigenvalue weighted by atomic mass is 9.84. The first-order valence-corrected chi connectivity index (χ1v) is 13.3. The van der Waals surface area contributed by atoms with Crippen molar-refractivity contribution in [2.45, 2.75) is 29.9 Å². The average molecular weight is 526 g/mol. The van der Waals surface area contributed by atoms with Crippen LogP contribution in [0.15, 0.2) is 115 Å². The molecule has 0 aromatic heterocycles. The molecule has 0 spiro atoms. The second kappa shape index (κ2) is 12.5. The Balaban J connectivity index is 1.61.